The van der Waals surface area contributed by atoms with E-state index in [9.17, 15) is 4.79 Å². The molecule has 1 heterocycles. The van der Waals surface area contributed by atoms with Gasteiger partial charge in [0.25, 0.3) is 0 Å². The Morgan fingerprint density at radius 2 is 1.60 bits per heavy atom. The molecule has 1 aliphatic rings. The molecule has 1 atom stereocenters. The van der Waals surface area contributed by atoms with E-state index in [2.05, 4.69) is 10.2 Å². The standard InChI is InChI=1S/C19H20Cl2N2O2/c1-25-19(24)17-12-22-10-11-23(17)18(13-2-6-15(20)7-3-13)14-4-8-16(21)9-5-14/h2-9,17-18,22H,10-12H2,1H3. The lowest BCUT2D eigenvalue weighted by Gasteiger charge is -2.40. The highest BCUT2D eigenvalue weighted by molar-refractivity contribution is 6.30. The van der Waals surface area contributed by atoms with E-state index in [0.29, 0.717) is 16.6 Å². The van der Waals surface area contributed by atoms with Gasteiger partial charge in [0.1, 0.15) is 6.04 Å². The summed E-state index contributed by atoms with van der Waals surface area (Å²) in [4.78, 5) is 14.5. The first kappa shape index (κ1) is 18.2. The Hall–Kier alpha value is -1.59. The van der Waals surface area contributed by atoms with Crippen LogP contribution in [0.2, 0.25) is 10.0 Å². The van der Waals surface area contributed by atoms with Crippen molar-refractivity contribution in [2.24, 2.45) is 0 Å². The number of hydrogen-bond donors (Lipinski definition) is 1. The van der Waals surface area contributed by atoms with Gasteiger partial charge in [0, 0.05) is 29.7 Å². The molecule has 4 nitrogen and oxygen atoms in total. The summed E-state index contributed by atoms with van der Waals surface area (Å²) >= 11 is 12.1. The van der Waals surface area contributed by atoms with Crippen molar-refractivity contribution < 1.29 is 9.53 Å². The largest absolute Gasteiger partial charge is 0.468 e. The first-order chi connectivity index (χ1) is 12.1. The molecule has 25 heavy (non-hydrogen) atoms. The molecule has 1 fully saturated rings. The smallest absolute Gasteiger partial charge is 0.324 e. The molecule has 1 saturated heterocycles. The van der Waals surface area contributed by atoms with Gasteiger partial charge in [-0.1, -0.05) is 47.5 Å². The number of esters is 1. The molecule has 3 rings (SSSR count). The number of nitrogens with one attached hydrogen (secondary N) is 1. The van der Waals surface area contributed by atoms with Crippen LogP contribution in [0.1, 0.15) is 17.2 Å². The van der Waals surface area contributed by atoms with Gasteiger partial charge >= 0.3 is 5.97 Å². The van der Waals surface area contributed by atoms with E-state index in [0.717, 1.165) is 24.2 Å². The van der Waals surface area contributed by atoms with Crippen molar-refractivity contribution in [2.75, 3.05) is 26.7 Å². The predicted molar refractivity (Wildman–Crippen MR) is 100 cm³/mol. The summed E-state index contributed by atoms with van der Waals surface area (Å²) in [6.07, 6.45) is 0. The van der Waals surface area contributed by atoms with E-state index in [-0.39, 0.29) is 18.1 Å². The maximum absolute atomic E-state index is 12.3. The fourth-order valence-corrected chi connectivity index (χ4v) is 3.50. The first-order valence-electron chi connectivity index (χ1n) is 8.15. The van der Waals surface area contributed by atoms with Gasteiger partial charge in [0.2, 0.25) is 0 Å². The van der Waals surface area contributed by atoms with Crippen LogP contribution in [0.4, 0.5) is 0 Å². The van der Waals surface area contributed by atoms with Crippen LogP contribution in [-0.4, -0.2) is 43.7 Å². The average molecular weight is 379 g/mol. The zero-order valence-corrected chi connectivity index (χ0v) is 15.4. The molecule has 132 valence electrons. The third-order valence-electron chi connectivity index (χ3n) is 4.46. The fraction of sp³-hybridized carbons (Fsp3) is 0.316. The van der Waals surface area contributed by atoms with Crippen molar-refractivity contribution in [3.8, 4) is 0 Å². The molecule has 6 heteroatoms. The Morgan fingerprint density at radius 1 is 1.08 bits per heavy atom. The van der Waals surface area contributed by atoms with Crippen LogP contribution in [0.5, 0.6) is 0 Å². The number of halogens is 2. The van der Waals surface area contributed by atoms with Crippen LogP contribution in [0.15, 0.2) is 48.5 Å². The minimum Gasteiger partial charge on any atom is -0.468 e. The van der Waals surface area contributed by atoms with E-state index in [1.54, 1.807) is 0 Å². The summed E-state index contributed by atoms with van der Waals surface area (Å²) in [5, 5.41) is 4.64. The lowest BCUT2D eigenvalue weighted by atomic mass is 9.94. The second-order valence-corrected chi connectivity index (χ2v) is 6.86. The number of hydrogen-bond acceptors (Lipinski definition) is 4. The quantitative estimate of drug-likeness (QED) is 0.826. The molecule has 0 spiro atoms. The fourth-order valence-electron chi connectivity index (χ4n) is 3.25. The monoisotopic (exact) mass is 378 g/mol. The summed E-state index contributed by atoms with van der Waals surface area (Å²) < 4.78 is 5.02. The van der Waals surface area contributed by atoms with Crippen molar-refractivity contribution in [3.05, 3.63) is 69.7 Å². The van der Waals surface area contributed by atoms with E-state index in [4.69, 9.17) is 27.9 Å². The minimum absolute atomic E-state index is 0.0827. The highest BCUT2D eigenvalue weighted by Crippen LogP contribution is 2.32. The summed E-state index contributed by atoms with van der Waals surface area (Å²) in [5.74, 6) is -0.236. The Kier molecular flexibility index (Phi) is 5.97. The van der Waals surface area contributed by atoms with E-state index in [1.807, 2.05) is 48.5 Å². The molecule has 1 unspecified atom stereocenters. The van der Waals surface area contributed by atoms with Gasteiger partial charge in [-0.05, 0) is 35.4 Å². The average Bonchev–Trinajstić information content (AvgIpc) is 2.65. The van der Waals surface area contributed by atoms with Crippen LogP contribution < -0.4 is 5.32 Å². The van der Waals surface area contributed by atoms with E-state index >= 15 is 0 Å². The lowest BCUT2D eigenvalue weighted by molar-refractivity contribution is -0.148. The minimum atomic E-state index is -0.352. The number of nitrogens with zero attached hydrogens (tertiary/aromatic N) is 1. The molecule has 0 saturated carbocycles. The number of piperazine rings is 1. The molecule has 2 aromatic rings. The second kappa shape index (κ2) is 8.19. The highest BCUT2D eigenvalue weighted by atomic mass is 35.5. The van der Waals surface area contributed by atoms with Crippen molar-refractivity contribution >= 4 is 29.2 Å². The molecule has 1 N–H and O–H groups in total. The van der Waals surface area contributed by atoms with Gasteiger partial charge in [-0.15, -0.1) is 0 Å². The van der Waals surface area contributed by atoms with Crippen LogP contribution in [-0.2, 0) is 9.53 Å². The van der Waals surface area contributed by atoms with Gasteiger partial charge in [0.05, 0.1) is 13.2 Å². The molecule has 1 aliphatic heterocycles. The number of methoxy groups -OCH3 is 1. The zero-order chi connectivity index (χ0) is 17.8. The normalized spacial score (nSPS) is 18.3. The van der Waals surface area contributed by atoms with Crippen molar-refractivity contribution in [2.45, 2.75) is 12.1 Å². The second-order valence-electron chi connectivity index (χ2n) is 5.99. The van der Waals surface area contributed by atoms with Gasteiger partial charge in [0.15, 0.2) is 0 Å². The number of benzene rings is 2. The Labute approximate surface area is 157 Å². The lowest BCUT2D eigenvalue weighted by Crippen LogP contribution is -2.56. The van der Waals surface area contributed by atoms with Gasteiger partial charge in [-0.2, -0.15) is 0 Å². The molecule has 2 aromatic carbocycles. The zero-order valence-electron chi connectivity index (χ0n) is 13.9. The number of rotatable bonds is 4. The predicted octanol–water partition coefficient (Wildman–Crippen LogP) is 3.53. The van der Waals surface area contributed by atoms with Gasteiger partial charge in [-0.3, -0.25) is 9.69 Å². The van der Waals surface area contributed by atoms with Crippen LogP contribution in [0.25, 0.3) is 0 Å². The molecule has 0 radical (unpaired) electrons. The van der Waals surface area contributed by atoms with Crippen molar-refractivity contribution in [1.82, 2.24) is 10.2 Å². The summed E-state index contributed by atoms with van der Waals surface area (Å²) in [5.41, 5.74) is 2.14. The van der Waals surface area contributed by atoms with Crippen LogP contribution >= 0.6 is 23.2 Å². The number of carbonyl (C=O) groups is 1. The topological polar surface area (TPSA) is 41.6 Å². The molecular weight excluding hydrogens is 359 g/mol. The van der Waals surface area contributed by atoms with E-state index in [1.165, 1.54) is 7.11 Å². The van der Waals surface area contributed by atoms with Crippen molar-refractivity contribution in [3.63, 3.8) is 0 Å². The maximum Gasteiger partial charge on any atom is 0.324 e. The van der Waals surface area contributed by atoms with Crippen LogP contribution in [0.3, 0.4) is 0 Å². The number of ether oxygens (including phenoxy) is 1. The Morgan fingerprint density at radius 3 is 2.08 bits per heavy atom. The van der Waals surface area contributed by atoms with Crippen molar-refractivity contribution in [1.29, 1.82) is 0 Å². The Bertz CT molecular complexity index is 674. The first-order valence-corrected chi connectivity index (χ1v) is 8.91. The maximum atomic E-state index is 12.3. The Balaban J connectivity index is 2.04. The summed E-state index contributed by atoms with van der Waals surface area (Å²) in [7, 11) is 1.43. The highest BCUT2D eigenvalue weighted by Gasteiger charge is 2.35. The molecule has 0 amide bonds. The third-order valence-corrected chi connectivity index (χ3v) is 4.97. The molecular formula is C19H20Cl2N2O2. The third kappa shape index (κ3) is 4.15. The van der Waals surface area contributed by atoms with Crippen LogP contribution in [0, 0.1) is 0 Å². The summed E-state index contributed by atoms with van der Waals surface area (Å²) in [6.45, 7) is 2.10. The SMILES string of the molecule is COC(=O)C1CNCCN1C(c1ccc(Cl)cc1)c1ccc(Cl)cc1. The van der Waals surface area contributed by atoms with Gasteiger partial charge in [-0.25, -0.2) is 0 Å². The number of carbonyl (C=O) groups excluding carboxylic acids is 1. The van der Waals surface area contributed by atoms with Gasteiger partial charge < -0.3 is 10.1 Å². The van der Waals surface area contributed by atoms with E-state index < -0.39 is 0 Å². The molecule has 0 bridgehead atoms. The molecule has 0 aromatic heterocycles. The molecule has 0 aliphatic carbocycles. The summed E-state index contributed by atoms with van der Waals surface area (Å²) in [6, 6.07) is 15.0.